The topological polar surface area (TPSA) is 9.23 Å². The summed E-state index contributed by atoms with van der Waals surface area (Å²) in [6.07, 6.45) is 17.4. The van der Waals surface area contributed by atoms with E-state index in [4.69, 9.17) is 4.74 Å². The Morgan fingerprint density at radius 3 is 2.00 bits per heavy atom. The third-order valence-corrected chi connectivity index (χ3v) is 22.1. The molecule has 130 valence electrons. The van der Waals surface area contributed by atoms with Crippen molar-refractivity contribution < 1.29 is 4.74 Å². The summed E-state index contributed by atoms with van der Waals surface area (Å²) >= 11 is -2.20. The summed E-state index contributed by atoms with van der Waals surface area (Å²) < 4.78 is 12.1. The maximum atomic E-state index is 6.65. The van der Waals surface area contributed by atoms with Crippen molar-refractivity contribution in [3.05, 3.63) is 12.2 Å². The minimum absolute atomic E-state index is 0.339. The van der Waals surface area contributed by atoms with Crippen LogP contribution in [0.2, 0.25) is 13.3 Å². The summed E-state index contributed by atoms with van der Waals surface area (Å²) in [6.45, 7) is 9.34. The molecular weight excluding hydrogens is 375 g/mol. The molecule has 0 radical (unpaired) electrons. The maximum absolute atomic E-state index is 6.65. The van der Waals surface area contributed by atoms with Crippen molar-refractivity contribution in [1.82, 2.24) is 0 Å². The molecule has 2 unspecified atom stereocenters. The Morgan fingerprint density at radius 2 is 1.50 bits per heavy atom. The van der Waals surface area contributed by atoms with Gasteiger partial charge < -0.3 is 0 Å². The molecule has 0 aromatic heterocycles. The van der Waals surface area contributed by atoms with Crippen LogP contribution in [0.5, 0.6) is 0 Å². The molecule has 0 N–H and O–H groups in total. The zero-order chi connectivity index (χ0) is 16.3. The molecule has 0 aromatic carbocycles. The fourth-order valence-electron chi connectivity index (χ4n) is 3.98. The molecular formula is C20H40OSn. The van der Waals surface area contributed by atoms with Gasteiger partial charge in [-0.2, -0.15) is 0 Å². The van der Waals surface area contributed by atoms with E-state index in [9.17, 15) is 0 Å². The van der Waals surface area contributed by atoms with Crippen LogP contribution in [0, 0.1) is 0 Å². The van der Waals surface area contributed by atoms with E-state index < -0.39 is 18.4 Å². The van der Waals surface area contributed by atoms with Gasteiger partial charge in [0.25, 0.3) is 0 Å². The summed E-state index contributed by atoms with van der Waals surface area (Å²) in [7, 11) is 0. The minimum atomic E-state index is -2.20. The Hall–Kier alpha value is 0.499. The van der Waals surface area contributed by atoms with Crippen LogP contribution in [0.1, 0.15) is 85.5 Å². The summed E-state index contributed by atoms with van der Waals surface area (Å²) in [4.78, 5) is 0. The first-order chi connectivity index (χ1) is 10.7. The van der Waals surface area contributed by atoms with Gasteiger partial charge in [0.05, 0.1) is 0 Å². The standard InChI is InChI=1S/C8H13O.3C4H9.Sn/c1-8-6-4-2-3-5-7-9-8;3*1-3-4-2;/h4,6-8H,2-3,5H2,1H3;3*1,3-4H2,2H3;/b6-4-;;;;. The van der Waals surface area contributed by atoms with Crippen molar-refractivity contribution >= 4 is 18.4 Å². The first kappa shape index (κ1) is 20.5. The van der Waals surface area contributed by atoms with E-state index in [-0.39, 0.29) is 0 Å². The fraction of sp³-hybridized carbons (Fsp3) is 0.900. The molecule has 1 rings (SSSR count). The summed E-state index contributed by atoms with van der Waals surface area (Å²) in [5.41, 5.74) is 0. The number of hydrogen-bond donors (Lipinski definition) is 0. The average molecular weight is 415 g/mol. The third kappa shape index (κ3) is 6.95. The fourth-order valence-corrected chi connectivity index (χ4v) is 21.7. The van der Waals surface area contributed by atoms with Gasteiger partial charge >= 0.3 is 144 Å². The van der Waals surface area contributed by atoms with Gasteiger partial charge in [0.2, 0.25) is 0 Å². The van der Waals surface area contributed by atoms with Gasteiger partial charge in [-0.3, -0.25) is 0 Å². The van der Waals surface area contributed by atoms with Gasteiger partial charge in [-0.15, -0.1) is 0 Å². The number of ether oxygens (including phenoxy) is 1. The molecule has 0 bridgehead atoms. The predicted molar refractivity (Wildman–Crippen MR) is 102 cm³/mol. The number of allylic oxidation sites excluding steroid dienone is 1. The van der Waals surface area contributed by atoms with E-state index in [1.807, 2.05) is 0 Å². The number of unbranched alkanes of at least 4 members (excludes halogenated alkanes) is 3. The molecule has 1 heterocycles. The van der Waals surface area contributed by atoms with Crippen molar-refractivity contribution in [3.8, 4) is 0 Å². The zero-order valence-electron chi connectivity index (χ0n) is 15.7. The molecule has 1 nitrogen and oxygen atoms in total. The quantitative estimate of drug-likeness (QED) is 0.279. The molecule has 1 aliphatic rings. The van der Waals surface area contributed by atoms with Gasteiger partial charge in [0.1, 0.15) is 0 Å². The van der Waals surface area contributed by atoms with Crippen LogP contribution in [-0.2, 0) is 4.74 Å². The van der Waals surface area contributed by atoms with E-state index in [0.29, 0.717) is 10.2 Å². The summed E-state index contributed by atoms with van der Waals surface area (Å²) in [5, 5.41) is 0. The second-order valence-electron chi connectivity index (χ2n) is 7.36. The Bertz CT molecular complexity index is 278. The molecule has 0 saturated carbocycles. The predicted octanol–water partition coefficient (Wildman–Crippen LogP) is 6.89. The molecule has 0 aliphatic carbocycles. The van der Waals surface area contributed by atoms with Crippen LogP contribution >= 0.6 is 0 Å². The molecule has 0 amide bonds. The van der Waals surface area contributed by atoms with Gasteiger partial charge in [-0.1, -0.05) is 0 Å². The molecule has 0 saturated heterocycles. The van der Waals surface area contributed by atoms with E-state index in [2.05, 4.69) is 39.8 Å². The van der Waals surface area contributed by atoms with Crippen LogP contribution < -0.4 is 0 Å². The summed E-state index contributed by atoms with van der Waals surface area (Å²) in [5.74, 6) is 0. The zero-order valence-corrected chi connectivity index (χ0v) is 18.6. The number of hydrogen-bond acceptors (Lipinski definition) is 1. The molecule has 2 heteroatoms. The third-order valence-electron chi connectivity index (χ3n) is 5.39. The second-order valence-corrected chi connectivity index (χ2v) is 21.3. The van der Waals surface area contributed by atoms with E-state index in [0.717, 1.165) is 0 Å². The van der Waals surface area contributed by atoms with Crippen LogP contribution in [0.4, 0.5) is 0 Å². The normalized spacial score (nSPS) is 24.7. The Kier molecular flexibility index (Phi) is 11.2. The van der Waals surface area contributed by atoms with Crippen LogP contribution in [-0.4, -0.2) is 28.6 Å². The van der Waals surface area contributed by atoms with Gasteiger partial charge in [0, 0.05) is 0 Å². The van der Waals surface area contributed by atoms with Crippen molar-refractivity contribution in [2.24, 2.45) is 0 Å². The SMILES string of the molecule is CCC[CH2][Sn]([CH2]CCC)([CH2]CCC)[CH]1CCC/C=C\C(C)O1. The molecule has 0 fully saturated rings. The monoisotopic (exact) mass is 416 g/mol. The van der Waals surface area contributed by atoms with Crippen molar-refractivity contribution in [2.75, 3.05) is 0 Å². The van der Waals surface area contributed by atoms with E-state index in [1.165, 1.54) is 57.8 Å². The van der Waals surface area contributed by atoms with Gasteiger partial charge in [-0.25, -0.2) is 0 Å². The van der Waals surface area contributed by atoms with Crippen LogP contribution in [0.3, 0.4) is 0 Å². The molecule has 22 heavy (non-hydrogen) atoms. The van der Waals surface area contributed by atoms with Crippen LogP contribution in [0.15, 0.2) is 12.2 Å². The molecule has 1 aliphatic heterocycles. The molecule has 2 atom stereocenters. The van der Waals surface area contributed by atoms with Gasteiger partial charge in [0.15, 0.2) is 0 Å². The van der Waals surface area contributed by atoms with Crippen molar-refractivity contribution in [3.63, 3.8) is 0 Å². The molecule has 0 spiro atoms. The van der Waals surface area contributed by atoms with E-state index >= 15 is 0 Å². The van der Waals surface area contributed by atoms with Crippen molar-refractivity contribution in [1.29, 1.82) is 0 Å². The average Bonchev–Trinajstić information content (AvgIpc) is 2.50. The molecule has 0 aromatic rings. The Balaban J connectivity index is 2.92. The van der Waals surface area contributed by atoms with Crippen molar-refractivity contribution in [2.45, 2.75) is 109 Å². The van der Waals surface area contributed by atoms with Crippen LogP contribution in [0.25, 0.3) is 0 Å². The Morgan fingerprint density at radius 1 is 0.955 bits per heavy atom. The first-order valence-corrected chi connectivity index (χ1v) is 17.7. The first-order valence-electron chi connectivity index (χ1n) is 10.0. The summed E-state index contributed by atoms with van der Waals surface area (Å²) in [6, 6.07) is 0. The Labute approximate surface area is 144 Å². The number of rotatable bonds is 10. The second kappa shape index (κ2) is 11.9. The van der Waals surface area contributed by atoms with E-state index in [1.54, 1.807) is 13.3 Å². The van der Waals surface area contributed by atoms with Gasteiger partial charge in [-0.05, 0) is 0 Å².